The minimum absolute atomic E-state index is 0.419. The van der Waals surface area contributed by atoms with Crippen molar-refractivity contribution in [2.45, 2.75) is 6.10 Å². The molecule has 0 amide bonds. The molecular formula is C12H9ClFNO. The van der Waals surface area contributed by atoms with Crippen LogP contribution in [0.25, 0.3) is 0 Å². The lowest BCUT2D eigenvalue weighted by molar-refractivity contribution is 0.219. The number of benzene rings is 1. The first kappa shape index (κ1) is 11.0. The largest absolute Gasteiger partial charge is 0.384 e. The van der Waals surface area contributed by atoms with Gasteiger partial charge < -0.3 is 5.11 Å². The molecule has 1 unspecified atom stereocenters. The van der Waals surface area contributed by atoms with E-state index in [0.29, 0.717) is 16.1 Å². The van der Waals surface area contributed by atoms with Crippen molar-refractivity contribution in [3.63, 3.8) is 0 Å². The van der Waals surface area contributed by atoms with E-state index >= 15 is 0 Å². The Labute approximate surface area is 97.3 Å². The molecule has 0 aliphatic rings. The van der Waals surface area contributed by atoms with Crippen LogP contribution in [0.2, 0.25) is 5.02 Å². The molecule has 4 heteroatoms. The molecule has 1 aromatic carbocycles. The Hall–Kier alpha value is -1.45. The van der Waals surface area contributed by atoms with Gasteiger partial charge in [0.2, 0.25) is 0 Å². The Bertz CT molecular complexity index is 487. The molecule has 1 heterocycles. The Morgan fingerprint density at radius 3 is 2.44 bits per heavy atom. The van der Waals surface area contributed by atoms with Gasteiger partial charge in [0.05, 0.1) is 6.20 Å². The Morgan fingerprint density at radius 2 is 1.81 bits per heavy atom. The lowest BCUT2D eigenvalue weighted by Gasteiger charge is -2.10. The second-order valence-electron chi connectivity index (χ2n) is 3.39. The summed E-state index contributed by atoms with van der Waals surface area (Å²) in [5.74, 6) is -0.467. The first-order valence-corrected chi connectivity index (χ1v) is 5.08. The molecule has 1 N–H and O–H groups in total. The van der Waals surface area contributed by atoms with E-state index in [0.717, 1.165) is 6.20 Å². The molecule has 82 valence electrons. The average Bonchev–Trinajstić information content (AvgIpc) is 2.29. The van der Waals surface area contributed by atoms with Crippen molar-refractivity contribution in [3.05, 3.63) is 64.7 Å². The summed E-state index contributed by atoms with van der Waals surface area (Å²) < 4.78 is 12.9. The molecule has 2 rings (SSSR count). The van der Waals surface area contributed by atoms with Gasteiger partial charge in [0.1, 0.15) is 11.9 Å². The van der Waals surface area contributed by atoms with Crippen LogP contribution in [0.4, 0.5) is 4.39 Å². The highest BCUT2D eigenvalue weighted by atomic mass is 35.5. The first-order valence-electron chi connectivity index (χ1n) is 4.71. The van der Waals surface area contributed by atoms with E-state index in [2.05, 4.69) is 4.98 Å². The highest BCUT2D eigenvalue weighted by molar-refractivity contribution is 6.30. The Balaban J connectivity index is 2.31. The minimum Gasteiger partial charge on any atom is -0.384 e. The number of nitrogens with zero attached hydrogens (tertiary/aromatic N) is 1. The standard InChI is InChI=1S/C12H9ClFNO/c13-10-3-1-8(2-4-10)12(16)9-5-11(14)7-15-6-9/h1-7,12,16H. The predicted molar refractivity (Wildman–Crippen MR) is 59.7 cm³/mol. The van der Waals surface area contributed by atoms with Crippen molar-refractivity contribution in [2.75, 3.05) is 0 Å². The lowest BCUT2D eigenvalue weighted by Crippen LogP contribution is -2.00. The van der Waals surface area contributed by atoms with Crippen LogP contribution in [-0.2, 0) is 0 Å². The van der Waals surface area contributed by atoms with Crippen molar-refractivity contribution in [3.8, 4) is 0 Å². The van der Waals surface area contributed by atoms with E-state index in [1.54, 1.807) is 24.3 Å². The fraction of sp³-hybridized carbons (Fsp3) is 0.0833. The Kier molecular flexibility index (Phi) is 3.17. The molecule has 1 aromatic heterocycles. The summed E-state index contributed by atoms with van der Waals surface area (Å²) in [5.41, 5.74) is 1.07. The number of hydrogen-bond donors (Lipinski definition) is 1. The SMILES string of the molecule is OC(c1ccc(Cl)cc1)c1cncc(F)c1. The van der Waals surface area contributed by atoms with E-state index in [9.17, 15) is 9.50 Å². The van der Waals surface area contributed by atoms with E-state index in [4.69, 9.17) is 11.6 Å². The van der Waals surface area contributed by atoms with Crippen molar-refractivity contribution in [1.82, 2.24) is 4.98 Å². The minimum atomic E-state index is -0.888. The fourth-order valence-electron chi connectivity index (χ4n) is 1.42. The van der Waals surface area contributed by atoms with Gasteiger partial charge in [-0.1, -0.05) is 23.7 Å². The van der Waals surface area contributed by atoms with Crippen LogP contribution >= 0.6 is 11.6 Å². The molecule has 0 bridgehead atoms. The van der Waals surface area contributed by atoms with Gasteiger partial charge in [0, 0.05) is 16.8 Å². The second kappa shape index (κ2) is 4.60. The third-order valence-corrected chi connectivity index (χ3v) is 2.48. The maximum atomic E-state index is 12.9. The molecule has 2 aromatic rings. The number of pyridine rings is 1. The molecule has 0 saturated carbocycles. The lowest BCUT2D eigenvalue weighted by atomic mass is 10.0. The van der Waals surface area contributed by atoms with Gasteiger partial charge in [-0.2, -0.15) is 0 Å². The molecule has 0 spiro atoms. The number of halogens is 2. The van der Waals surface area contributed by atoms with Crippen molar-refractivity contribution < 1.29 is 9.50 Å². The monoisotopic (exact) mass is 237 g/mol. The van der Waals surface area contributed by atoms with Gasteiger partial charge in [-0.15, -0.1) is 0 Å². The van der Waals surface area contributed by atoms with Crippen LogP contribution in [0, 0.1) is 5.82 Å². The quantitative estimate of drug-likeness (QED) is 0.871. The third kappa shape index (κ3) is 2.38. The van der Waals surface area contributed by atoms with Crippen LogP contribution in [0.5, 0.6) is 0 Å². The van der Waals surface area contributed by atoms with Crippen LogP contribution in [0.1, 0.15) is 17.2 Å². The molecule has 1 atom stereocenters. The average molecular weight is 238 g/mol. The van der Waals surface area contributed by atoms with Gasteiger partial charge >= 0.3 is 0 Å². The van der Waals surface area contributed by atoms with Gasteiger partial charge in [-0.05, 0) is 23.8 Å². The summed E-state index contributed by atoms with van der Waals surface area (Å²) in [6.07, 6.45) is 1.64. The molecule has 2 nitrogen and oxygen atoms in total. The molecule has 0 saturated heterocycles. The van der Waals surface area contributed by atoms with Crippen molar-refractivity contribution in [2.24, 2.45) is 0 Å². The predicted octanol–water partition coefficient (Wildman–Crippen LogP) is 2.96. The topological polar surface area (TPSA) is 33.1 Å². The van der Waals surface area contributed by atoms with E-state index in [1.807, 2.05) is 0 Å². The molecule has 16 heavy (non-hydrogen) atoms. The summed E-state index contributed by atoms with van der Waals surface area (Å²) in [7, 11) is 0. The summed E-state index contributed by atoms with van der Waals surface area (Å²) in [5, 5.41) is 10.5. The number of aliphatic hydroxyl groups is 1. The zero-order valence-electron chi connectivity index (χ0n) is 8.27. The molecule has 0 radical (unpaired) electrons. The van der Waals surface area contributed by atoms with Gasteiger partial charge in [-0.3, -0.25) is 4.98 Å². The van der Waals surface area contributed by atoms with Crippen LogP contribution in [0.15, 0.2) is 42.7 Å². The summed E-state index contributed by atoms with van der Waals surface area (Å²) >= 11 is 5.73. The molecular weight excluding hydrogens is 229 g/mol. The smallest absolute Gasteiger partial charge is 0.141 e. The number of hydrogen-bond acceptors (Lipinski definition) is 2. The third-order valence-electron chi connectivity index (χ3n) is 2.23. The summed E-state index contributed by atoms with van der Waals surface area (Å²) in [6.45, 7) is 0. The fourth-order valence-corrected chi connectivity index (χ4v) is 1.54. The van der Waals surface area contributed by atoms with Gasteiger partial charge in [0.15, 0.2) is 0 Å². The highest BCUT2D eigenvalue weighted by Gasteiger charge is 2.11. The summed E-state index contributed by atoms with van der Waals surface area (Å²) in [6, 6.07) is 7.99. The van der Waals surface area contributed by atoms with Crippen molar-refractivity contribution in [1.29, 1.82) is 0 Å². The van der Waals surface area contributed by atoms with Crippen LogP contribution in [-0.4, -0.2) is 10.1 Å². The zero-order valence-corrected chi connectivity index (χ0v) is 9.03. The van der Waals surface area contributed by atoms with E-state index in [-0.39, 0.29) is 0 Å². The highest BCUT2D eigenvalue weighted by Crippen LogP contribution is 2.22. The van der Waals surface area contributed by atoms with E-state index < -0.39 is 11.9 Å². The number of aliphatic hydroxyl groups excluding tert-OH is 1. The molecule has 0 fully saturated rings. The van der Waals surface area contributed by atoms with Crippen LogP contribution in [0.3, 0.4) is 0 Å². The van der Waals surface area contributed by atoms with E-state index in [1.165, 1.54) is 12.3 Å². The van der Waals surface area contributed by atoms with Gasteiger partial charge in [-0.25, -0.2) is 4.39 Å². The molecule has 0 aliphatic carbocycles. The van der Waals surface area contributed by atoms with Gasteiger partial charge in [0.25, 0.3) is 0 Å². The number of aromatic nitrogens is 1. The normalized spacial score (nSPS) is 12.4. The maximum Gasteiger partial charge on any atom is 0.141 e. The second-order valence-corrected chi connectivity index (χ2v) is 3.83. The van der Waals surface area contributed by atoms with Crippen LogP contribution < -0.4 is 0 Å². The zero-order chi connectivity index (χ0) is 11.5. The first-order chi connectivity index (χ1) is 7.66. The summed E-state index contributed by atoms with van der Waals surface area (Å²) in [4.78, 5) is 3.69. The maximum absolute atomic E-state index is 12.9. The number of rotatable bonds is 2. The van der Waals surface area contributed by atoms with Crippen molar-refractivity contribution >= 4 is 11.6 Å². The molecule has 0 aliphatic heterocycles. The Morgan fingerprint density at radius 1 is 1.12 bits per heavy atom.